The highest BCUT2D eigenvalue weighted by Crippen LogP contribution is 2.18. The predicted octanol–water partition coefficient (Wildman–Crippen LogP) is 2.37. The molecule has 0 aromatic carbocycles. The second-order valence-electron chi connectivity index (χ2n) is 6.14. The fraction of sp³-hybridized carbons (Fsp3) is 1.00. The number of nitrogens with zero attached hydrogens (tertiary/aromatic N) is 1. The summed E-state index contributed by atoms with van der Waals surface area (Å²) in [5, 5.41) is 3.58. The Morgan fingerprint density at radius 1 is 1.22 bits per heavy atom. The van der Waals surface area contributed by atoms with Gasteiger partial charge in [-0.15, -0.1) is 0 Å². The van der Waals surface area contributed by atoms with Gasteiger partial charge in [0.25, 0.3) is 0 Å². The van der Waals surface area contributed by atoms with E-state index in [0.29, 0.717) is 18.0 Å². The smallest absolute Gasteiger partial charge is 0.0622 e. The quantitative estimate of drug-likeness (QED) is 0.757. The lowest BCUT2D eigenvalue weighted by atomic mass is 9.98. The molecule has 0 aromatic rings. The molecule has 0 amide bonds. The highest BCUT2D eigenvalue weighted by Gasteiger charge is 2.28. The summed E-state index contributed by atoms with van der Waals surface area (Å²) in [5.41, 5.74) is 0. The molecule has 0 radical (unpaired) electrons. The number of hydrogen-bond donors (Lipinski definition) is 1. The molecular formula is C15H32N2O. The SMILES string of the molecule is CCC1COCCN1C(C)C(C)CNCC(C)C. The Morgan fingerprint density at radius 2 is 1.94 bits per heavy atom. The van der Waals surface area contributed by atoms with Crippen molar-refractivity contribution in [1.29, 1.82) is 0 Å². The zero-order valence-corrected chi connectivity index (χ0v) is 12.9. The first-order chi connectivity index (χ1) is 8.56. The van der Waals surface area contributed by atoms with Crippen LogP contribution in [0, 0.1) is 11.8 Å². The maximum absolute atomic E-state index is 5.59. The Bertz CT molecular complexity index is 221. The van der Waals surface area contributed by atoms with Gasteiger partial charge < -0.3 is 10.1 Å². The molecule has 1 rings (SSSR count). The van der Waals surface area contributed by atoms with Gasteiger partial charge in [0.05, 0.1) is 13.2 Å². The molecule has 1 aliphatic rings. The number of hydrogen-bond acceptors (Lipinski definition) is 3. The van der Waals surface area contributed by atoms with Crippen LogP contribution >= 0.6 is 0 Å². The zero-order chi connectivity index (χ0) is 13.5. The molecule has 1 aliphatic heterocycles. The molecule has 3 heteroatoms. The van der Waals surface area contributed by atoms with Crippen molar-refractivity contribution in [3.8, 4) is 0 Å². The number of morpholine rings is 1. The molecule has 18 heavy (non-hydrogen) atoms. The highest BCUT2D eigenvalue weighted by atomic mass is 16.5. The number of rotatable bonds is 7. The standard InChI is InChI=1S/C15H32N2O/c1-6-15-11-18-8-7-17(15)14(5)13(4)10-16-9-12(2)3/h12-16H,6-11H2,1-5H3. The van der Waals surface area contributed by atoms with Crippen LogP contribution in [0.1, 0.15) is 41.0 Å². The largest absolute Gasteiger partial charge is 0.378 e. The average molecular weight is 256 g/mol. The molecule has 1 saturated heterocycles. The summed E-state index contributed by atoms with van der Waals surface area (Å²) in [4.78, 5) is 2.64. The van der Waals surface area contributed by atoms with Gasteiger partial charge in [-0.25, -0.2) is 0 Å². The Kier molecular flexibility index (Phi) is 7.20. The van der Waals surface area contributed by atoms with E-state index in [1.807, 2.05) is 0 Å². The van der Waals surface area contributed by atoms with Crippen LogP contribution in [-0.2, 0) is 4.74 Å². The third kappa shape index (κ3) is 4.87. The summed E-state index contributed by atoms with van der Waals surface area (Å²) in [5.74, 6) is 1.43. The number of ether oxygens (including phenoxy) is 1. The lowest BCUT2D eigenvalue weighted by Crippen LogP contribution is -2.52. The first kappa shape index (κ1) is 15.9. The van der Waals surface area contributed by atoms with Crippen molar-refractivity contribution < 1.29 is 4.74 Å². The fourth-order valence-corrected chi connectivity index (χ4v) is 2.65. The van der Waals surface area contributed by atoms with E-state index < -0.39 is 0 Å². The van der Waals surface area contributed by atoms with Crippen molar-refractivity contribution >= 4 is 0 Å². The van der Waals surface area contributed by atoms with Crippen molar-refractivity contribution in [3.05, 3.63) is 0 Å². The maximum Gasteiger partial charge on any atom is 0.0622 e. The van der Waals surface area contributed by atoms with E-state index in [0.717, 1.165) is 38.8 Å². The topological polar surface area (TPSA) is 24.5 Å². The van der Waals surface area contributed by atoms with Crippen LogP contribution in [0.5, 0.6) is 0 Å². The van der Waals surface area contributed by atoms with E-state index in [9.17, 15) is 0 Å². The monoisotopic (exact) mass is 256 g/mol. The maximum atomic E-state index is 5.59. The van der Waals surface area contributed by atoms with Gasteiger partial charge in [0.2, 0.25) is 0 Å². The Labute approximate surface area is 113 Å². The van der Waals surface area contributed by atoms with Gasteiger partial charge in [0.1, 0.15) is 0 Å². The summed E-state index contributed by atoms with van der Waals surface area (Å²) in [6, 6.07) is 1.25. The fourth-order valence-electron chi connectivity index (χ4n) is 2.65. The minimum Gasteiger partial charge on any atom is -0.378 e. The molecule has 108 valence electrons. The average Bonchev–Trinajstić information content (AvgIpc) is 2.37. The van der Waals surface area contributed by atoms with Gasteiger partial charge in [0.15, 0.2) is 0 Å². The van der Waals surface area contributed by atoms with Crippen LogP contribution in [0.3, 0.4) is 0 Å². The predicted molar refractivity (Wildman–Crippen MR) is 77.9 cm³/mol. The molecule has 0 bridgehead atoms. The lowest BCUT2D eigenvalue weighted by Gasteiger charge is -2.41. The third-order valence-electron chi connectivity index (χ3n) is 4.11. The molecule has 3 nitrogen and oxygen atoms in total. The molecule has 0 saturated carbocycles. The molecular weight excluding hydrogens is 224 g/mol. The van der Waals surface area contributed by atoms with Crippen LogP contribution < -0.4 is 5.32 Å². The van der Waals surface area contributed by atoms with Crippen LogP contribution in [0.15, 0.2) is 0 Å². The van der Waals surface area contributed by atoms with E-state index >= 15 is 0 Å². The summed E-state index contributed by atoms with van der Waals surface area (Å²) < 4.78 is 5.59. The molecule has 1 N–H and O–H groups in total. The van der Waals surface area contributed by atoms with Gasteiger partial charge in [-0.05, 0) is 38.3 Å². The van der Waals surface area contributed by atoms with Gasteiger partial charge in [-0.2, -0.15) is 0 Å². The first-order valence-corrected chi connectivity index (χ1v) is 7.60. The molecule has 3 unspecified atom stereocenters. The second-order valence-corrected chi connectivity index (χ2v) is 6.14. The van der Waals surface area contributed by atoms with Crippen molar-refractivity contribution in [1.82, 2.24) is 10.2 Å². The summed E-state index contributed by atoms with van der Waals surface area (Å²) in [6.07, 6.45) is 1.19. The second kappa shape index (κ2) is 8.13. The zero-order valence-electron chi connectivity index (χ0n) is 12.9. The summed E-state index contributed by atoms with van der Waals surface area (Å²) >= 11 is 0. The van der Waals surface area contributed by atoms with Crippen LogP contribution in [-0.4, -0.2) is 49.8 Å². The van der Waals surface area contributed by atoms with Crippen molar-refractivity contribution in [2.24, 2.45) is 11.8 Å². The molecule has 0 aliphatic carbocycles. The minimum atomic E-state index is 0.612. The highest BCUT2D eigenvalue weighted by molar-refractivity contribution is 4.82. The third-order valence-corrected chi connectivity index (χ3v) is 4.11. The van der Waals surface area contributed by atoms with Gasteiger partial charge in [-0.1, -0.05) is 27.7 Å². The van der Waals surface area contributed by atoms with E-state index in [1.165, 1.54) is 6.42 Å². The van der Waals surface area contributed by atoms with Crippen LogP contribution in [0.4, 0.5) is 0 Å². The molecule has 3 atom stereocenters. The summed E-state index contributed by atoms with van der Waals surface area (Å²) in [7, 11) is 0. The first-order valence-electron chi connectivity index (χ1n) is 7.60. The van der Waals surface area contributed by atoms with E-state index in [2.05, 4.69) is 44.8 Å². The van der Waals surface area contributed by atoms with Gasteiger partial charge in [-0.3, -0.25) is 4.90 Å². The van der Waals surface area contributed by atoms with Crippen molar-refractivity contribution in [2.45, 2.75) is 53.1 Å². The Hall–Kier alpha value is -0.120. The summed E-state index contributed by atoms with van der Waals surface area (Å²) in [6.45, 7) is 16.7. The van der Waals surface area contributed by atoms with E-state index in [4.69, 9.17) is 4.74 Å². The normalized spacial score (nSPS) is 25.3. The van der Waals surface area contributed by atoms with Gasteiger partial charge >= 0.3 is 0 Å². The lowest BCUT2D eigenvalue weighted by molar-refractivity contribution is -0.0365. The molecule has 1 fully saturated rings. The van der Waals surface area contributed by atoms with Crippen molar-refractivity contribution in [3.63, 3.8) is 0 Å². The van der Waals surface area contributed by atoms with Gasteiger partial charge in [0, 0.05) is 18.6 Å². The van der Waals surface area contributed by atoms with Crippen LogP contribution in [0.2, 0.25) is 0 Å². The Balaban J connectivity index is 2.38. The molecule has 0 spiro atoms. The molecule has 0 aromatic heterocycles. The van der Waals surface area contributed by atoms with E-state index in [-0.39, 0.29) is 0 Å². The number of nitrogens with one attached hydrogen (secondary N) is 1. The van der Waals surface area contributed by atoms with E-state index in [1.54, 1.807) is 0 Å². The van der Waals surface area contributed by atoms with Crippen LogP contribution in [0.25, 0.3) is 0 Å². The van der Waals surface area contributed by atoms with Crippen molar-refractivity contribution in [2.75, 3.05) is 32.8 Å². The minimum absolute atomic E-state index is 0.612. The molecule has 1 heterocycles. The Morgan fingerprint density at radius 3 is 2.56 bits per heavy atom.